The third kappa shape index (κ3) is 2.60. The number of hydrogen-bond donors (Lipinski definition) is 0. The molecule has 1 fully saturated rings. The van der Waals surface area contributed by atoms with Gasteiger partial charge in [-0.1, -0.05) is 13.8 Å². The summed E-state index contributed by atoms with van der Waals surface area (Å²) in [6.45, 7) is 6.91. The summed E-state index contributed by atoms with van der Waals surface area (Å²) in [5.74, 6) is 2.04. The number of hydrogen-bond acceptors (Lipinski definition) is 2. The molecule has 2 nitrogen and oxygen atoms in total. The molecule has 1 saturated carbocycles. The van der Waals surface area contributed by atoms with Gasteiger partial charge in [-0.15, -0.1) is 6.42 Å². The molecule has 0 heterocycles. The third-order valence-electron chi connectivity index (χ3n) is 3.38. The third-order valence-corrected chi connectivity index (χ3v) is 3.38. The first-order chi connectivity index (χ1) is 6.96. The van der Waals surface area contributed by atoms with Gasteiger partial charge in [-0.25, -0.2) is 0 Å². The molecule has 1 aliphatic rings. The van der Waals surface area contributed by atoms with Gasteiger partial charge in [0, 0.05) is 6.61 Å². The quantitative estimate of drug-likeness (QED) is 0.526. The SMILES string of the molecule is C#CC(=O)C1(OCC)CCC(C)(C)CC1. The van der Waals surface area contributed by atoms with E-state index < -0.39 is 5.60 Å². The molecule has 0 N–H and O–H groups in total. The second kappa shape index (κ2) is 4.37. The predicted molar refractivity (Wildman–Crippen MR) is 60.4 cm³/mol. The van der Waals surface area contributed by atoms with Crippen molar-refractivity contribution >= 4 is 5.78 Å². The number of carbonyl (C=O) groups excluding carboxylic acids is 1. The monoisotopic (exact) mass is 208 g/mol. The molecule has 0 aromatic carbocycles. The van der Waals surface area contributed by atoms with Crippen LogP contribution in [0.25, 0.3) is 0 Å². The van der Waals surface area contributed by atoms with Crippen molar-refractivity contribution in [1.82, 2.24) is 0 Å². The summed E-state index contributed by atoms with van der Waals surface area (Å²) in [4.78, 5) is 11.7. The van der Waals surface area contributed by atoms with Crippen LogP contribution >= 0.6 is 0 Å². The Bertz CT molecular complexity index is 273. The standard InChI is InChI=1S/C13H20O2/c1-5-11(14)13(15-6-2)9-7-12(3,4)8-10-13/h1H,6-10H2,2-4H3. The Labute approximate surface area is 92.4 Å². The minimum Gasteiger partial charge on any atom is -0.366 e. The summed E-state index contributed by atoms with van der Waals surface area (Å²) in [7, 11) is 0. The number of rotatable bonds is 3. The van der Waals surface area contributed by atoms with E-state index in [0.29, 0.717) is 12.0 Å². The molecule has 0 unspecified atom stereocenters. The molecule has 0 aromatic heterocycles. The first kappa shape index (κ1) is 12.3. The zero-order chi connectivity index (χ0) is 11.5. The minimum absolute atomic E-state index is 0.181. The van der Waals surface area contributed by atoms with Crippen LogP contribution in [0.3, 0.4) is 0 Å². The van der Waals surface area contributed by atoms with Crippen LogP contribution in [0, 0.1) is 17.8 Å². The Hall–Kier alpha value is -0.810. The number of carbonyl (C=O) groups is 1. The first-order valence-electron chi connectivity index (χ1n) is 5.61. The van der Waals surface area contributed by atoms with E-state index in [-0.39, 0.29) is 5.78 Å². The van der Waals surface area contributed by atoms with Crippen molar-refractivity contribution in [1.29, 1.82) is 0 Å². The smallest absolute Gasteiger partial charge is 0.236 e. The Morgan fingerprint density at radius 3 is 2.27 bits per heavy atom. The first-order valence-corrected chi connectivity index (χ1v) is 5.61. The molecule has 0 aromatic rings. The molecule has 0 atom stereocenters. The summed E-state index contributed by atoms with van der Waals surface area (Å²) >= 11 is 0. The van der Waals surface area contributed by atoms with Crippen molar-refractivity contribution in [3.05, 3.63) is 0 Å². The van der Waals surface area contributed by atoms with Gasteiger partial charge in [-0.3, -0.25) is 4.79 Å². The van der Waals surface area contributed by atoms with Gasteiger partial charge in [-0.2, -0.15) is 0 Å². The summed E-state index contributed by atoms with van der Waals surface area (Å²) in [5, 5.41) is 0. The second-order valence-electron chi connectivity index (χ2n) is 5.06. The highest BCUT2D eigenvalue weighted by molar-refractivity contribution is 6.01. The van der Waals surface area contributed by atoms with Crippen LogP contribution in [0.15, 0.2) is 0 Å². The van der Waals surface area contributed by atoms with Gasteiger partial charge in [0.1, 0.15) is 5.60 Å². The van der Waals surface area contributed by atoms with Gasteiger partial charge >= 0.3 is 0 Å². The van der Waals surface area contributed by atoms with E-state index >= 15 is 0 Å². The minimum atomic E-state index is -0.682. The summed E-state index contributed by atoms with van der Waals surface area (Å²) in [6.07, 6.45) is 8.73. The van der Waals surface area contributed by atoms with Crippen molar-refractivity contribution in [2.45, 2.75) is 52.1 Å². The molecule has 15 heavy (non-hydrogen) atoms. The lowest BCUT2D eigenvalue weighted by Gasteiger charge is -2.41. The summed E-state index contributed by atoms with van der Waals surface area (Å²) < 4.78 is 5.62. The van der Waals surface area contributed by atoms with Gasteiger partial charge < -0.3 is 4.74 Å². The summed E-state index contributed by atoms with van der Waals surface area (Å²) in [5.41, 5.74) is -0.367. The van der Waals surface area contributed by atoms with Gasteiger partial charge in [0.2, 0.25) is 5.78 Å². The molecular weight excluding hydrogens is 188 g/mol. The van der Waals surface area contributed by atoms with E-state index in [2.05, 4.69) is 19.8 Å². The largest absolute Gasteiger partial charge is 0.366 e. The number of ether oxygens (including phenoxy) is 1. The maximum Gasteiger partial charge on any atom is 0.236 e. The van der Waals surface area contributed by atoms with Crippen molar-refractivity contribution in [2.75, 3.05) is 6.61 Å². The Morgan fingerprint density at radius 1 is 1.33 bits per heavy atom. The molecule has 0 saturated heterocycles. The van der Waals surface area contributed by atoms with Crippen LogP contribution in [-0.2, 0) is 9.53 Å². The molecule has 2 heteroatoms. The average molecular weight is 208 g/mol. The van der Waals surface area contributed by atoms with Crippen LogP contribution in [0.5, 0.6) is 0 Å². The van der Waals surface area contributed by atoms with Gasteiger partial charge in [-0.05, 0) is 43.9 Å². The molecule has 1 aliphatic carbocycles. The predicted octanol–water partition coefficient (Wildman–Crippen LogP) is 2.56. The fraction of sp³-hybridized carbons (Fsp3) is 0.769. The molecule has 0 amide bonds. The Balaban J connectivity index is 2.79. The van der Waals surface area contributed by atoms with Crippen molar-refractivity contribution in [2.24, 2.45) is 5.41 Å². The number of Topliss-reactive ketones (excluding diaryl/α,β-unsaturated/α-hetero) is 1. The highest BCUT2D eigenvalue weighted by Crippen LogP contribution is 2.42. The van der Waals surface area contributed by atoms with Gasteiger partial charge in [0.15, 0.2) is 0 Å². The topological polar surface area (TPSA) is 26.3 Å². The fourth-order valence-electron chi connectivity index (χ4n) is 2.18. The molecule has 0 aliphatic heterocycles. The van der Waals surface area contributed by atoms with Crippen LogP contribution < -0.4 is 0 Å². The van der Waals surface area contributed by atoms with E-state index in [0.717, 1.165) is 25.7 Å². The Morgan fingerprint density at radius 2 is 1.87 bits per heavy atom. The van der Waals surface area contributed by atoms with Gasteiger partial charge in [0.25, 0.3) is 0 Å². The lowest BCUT2D eigenvalue weighted by molar-refractivity contribution is -0.146. The van der Waals surface area contributed by atoms with E-state index in [1.165, 1.54) is 0 Å². The molecule has 84 valence electrons. The van der Waals surface area contributed by atoms with Crippen molar-refractivity contribution in [3.63, 3.8) is 0 Å². The number of ketones is 1. The van der Waals surface area contributed by atoms with Crippen LogP contribution in [0.1, 0.15) is 46.5 Å². The van der Waals surface area contributed by atoms with Gasteiger partial charge in [0.05, 0.1) is 0 Å². The van der Waals surface area contributed by atoms with E-state index in [1.807, 2.05) is 6.92 Å². The zero-order valence-electron chi connectivity index (χ0n) is 9.93. The average Bonchev–Trinajstić information content (AvgIpc) is 2.21. The molecular formula is C13H20O2. The highest BCUT2D eigenvalue weighted by Gasteiger charge is 2.43. The zero-order valence-corrected chi connectivity index (χ0v) is 9.93. The van der Waals surface area contributed by atoms with Crippen molar-refractivity contribution in [3.8, 4) is 12.3 Å². The second-order valence-corrected chi connectivity index (χ2v) is 5.06. The van der Waals surface area contributed by atoms with E-state index in [4.69, 9.17) is 11.2 Å². The fourth-order valence-corrected chi connectivity index (χ4v) is 2.18. The van der Waals surface area contributed by atoms with E-state index in [1.54, 1.807) is 0 Å². The highest BCUT2D eigenvalue weighted by atomic mass is 16.5. The lowest BCUT2D eigenvalue weighted by atomic mass is 9.69. The molecule has 0 spiro atoms. The molecule has 1 rings (SSSR count). The lowest BCUT2D eigenvalue weighted by Crippen LogP contribution is -2.45. The van der Waals surface area contributed by atoms with Crippen LogP contribution in [-0.4, -0.2) is 18.0 Å². The number of terminal acetylenes is 1. The van der Waals surface area contributed by atoms with Crippen LogP contribution in [0.2, 0.25) is 0 Å². The molecule has 0 radical (unpaired) electrons. The van der Waals surface area contributed by atoms with Crippen LogP contribution in [0.4, 0.5) is 0 Å². The molecule has 0 bridgehead atoms. The normalized spacial score (nSPS) is 23.1. The maximum absolute atomic E-state index is 11.7. The Kier molecular flexibility index (Phi) is 3.57. The van der Waals surface area contributed by atoms with E-state index in [9.17, 15) is 4.79 Å². The van der Waals surface area contributed by atoms with Crippen molar-refractivity contribution < 1.29 is 9.53 Å². The maximum atomic E-state index is 11.7. The summed E-state index contributed by atoms with van der Waals surface area (Å²) in [6, 6.07) is 0.